The molecule has 0 radical (unpaired) electrons. The van der Waals surface area contributed by atoms with Crippen LogP contribution < -0.4 is 5.32 Å². The van der Waals surface area contributed by atoms with Crippen molar-refractivity contribution in [3.05, 3.63) is 35.7 Å². The number of nitrogens with one attached hydrogen (secondary N) is 2. The van der Waals surface area contributed by atoms with Crippen LogP contribution in [-0.2, 0) is 4.79 Å². The Morgan fingerprint density at radius 2 is 2.27 bits per heavy atom. The minimum absolute atomic E-state index is 0.160. The summed E-state index contributed by atoms with van der Waals surface area (Å²) in [5, 5.41) is 12.0. The molecule has 0 aliphatic heterocycles. The number of hydrogen-bond acceptors (Lipinski definition) is 4. The molecule has 1 aromatic heterocycles. The van der Waals surface area contributed by atoms with Crippen LogP contribution in [0.4, 0.5) is 0 Å². The normalized spacial score (nSPS) is 13.3. The van der Waals surface area contributed by atoms with E-state index in [1.165, 1.54) is 0 Å². The zero-order chi connectivity index (χ0) is 16.1. The van der Waals surface area contributed by atoms with Crippen LogP contribution in [0, 0.1) is 0 Å². The van der Waals surface area contributed by atoms with E-state index in [9.17, 15) is 4.79 Å². The monoisotopic (exact) mass is 302 g/mol. The van der Waals surface area contributed by atoms with Crippen molar-refractivity contribution in [2.75, 3.05) is 27.7 Å². The van der Waals surface area contributed by atoms with Crippen LogP contribution >= 0.6 is 0 Å². The molecule has 0 aliphatic carbocycles. The third-order valence-electron chi connectivity index (χ3n) is 3.49. The number of nitrogens with zero attached hydrogens (tertiary/aromatic N) is 2. The van der Waals surface area contributed by atoms with Gasteiger partial charge in [-0.25, -0.2) is 9.78 Å². The number of fused-ring (bicyclic) bond motifs is 1. The van der Waals surface area contributed by atoms with Crippen molar-refractivity contribution in [3.8, 4) is 0 Å². The second kappa shape index (κ2) is 7.20. The van der Waals surface area contributed by atoms with Crippen LogP contribution in [0.2, 0.25) is 0 Å². The number of hydrogen-bond donors (Lipinski definition) is 3. The Bertz CT molecular complexity index is 676. The SMILES string of the molecule is CN[C@H](CCN(C)C)c1nc2ccc(/C=C/C(=O)O)cc2[nH]1. The highest BCUT2D eigenvalue weighted by molar-refractivity contribution is 5.86. The van der Waals surface area contributed by atoms with Crippen LogP contribution in [0.25, 0.3) is 17.1 Å². The molecule has 6 heteroatoms. The Balaban J connectivity index is 2.23. The molecule has 1 atom stereocenters. The number of carboxylic acids is 1. The van der Waals surface area contributed by atoms with Crippen molar-refractivity contribution in [1.29, 1.82) is 0 Å². The molecule has 0 saturated carbocycles. The summed E-state index contributed by atoms with van der Waals surface area (Å²) >= 11 is 0. The van der Waals surface area contributed by atoms with Crippen LogP contribution in [0.1, 0.15) is 23.9 Å². The predicted molar refractivity (Wildman–Crippen MR) is 87.7 cm³/mol. The van der Waals surface area contributed by atoms with E-state index in [0.717, 1.165) is 41.5 Å². The quantitative estimate of drug-likeness (QED) is 0.680. The molecule has 118 valence electrons. The van der Waals surface area contributed by atoms with Gasteiger partial charge in [-0.15, -0.1) is 0 Å². The number of imidazole rings is 1. The first-order valence-corrected chi connectivity index (χ1v) is 7.22. The maximum Gasteiger partial charge on any atom is 0.328 e. The highest BCUT2D eigenvalue weighted by atomic mass is 16.4. The number of aromatic nitrogens is 2. The van der Waals surface area contributed by atoms with Crippen LogP contribution in [0.15, 0.2) is 24.3 Å². The highest BCUT2D eigenvalue weighted by Gasteiger charge is 2.14. The van der Waals surface area contributed by atoms with Crippen LogP contribution in [0.5, 0.6) is 0 Å². The Morgan fingerprint density at radius 1 is 1.50 bits per heavy atom. The van der Waals surface area contributed by atoms with Crippen molar-refractivity contribution in [3.63, 3.8) is 0 Å². The van der Waals surface area contributed by atoms with E-state index in [0.29, 0.717) is 0 Å². The summed E-state index contributed by atoms with van der Waals surface area (Å²) < 4.78 is 0. The van der Waals surface area contributed by atoms with E-state index in [4.69, 9.17) is 5.11 Å². The fourth-order valence-electron chi connectivity index (χ4n) is 2.29. The Morgan fingerprint density at radius 3 is 2.91 bits per heavy atom. The van der Waals surface area contributed by atoms with Gasteiger partial charge < -0.3 is 20.3 Å². The van der Waals surface area contributed by atoms with Gasteiger partial charge in [0.25, 0.3) is 0 Å². The molecule has 1 heterocycles. The molecule has 1 aromatic carbocycles. The fraction of sp³-hybridized carbons (Fsp3) is 0.375. The maximum absolute atomic E-state index is 10.6. The van der Waals surface area contributed by atoms with Crippen LogP contribution in [0.3, 0.4) is 0 Å². The average Bonchev–Trinajstić information content (AvgIpc) is 2.88. The van der Waals surface area contributed by atoms with Crippen LogP contribution in [-0.4, -0.2) is 53.6 Å². The van der Waals surface area contributed by atoms with Gasteiger partial charge in [0, 0.05) is 6.08 Å². The third-order valence-corrected chi connectivity index (χ3v) is 3.49. The number of rotatable bonds is 7. The second-order valence-electron chi connectivity index (χ2n) is 5.50. The summed E-state index contributed by atoms with van der Waals surface area (Å²) in [5.41, 5.74) is 2.62. The molecular formula is C16H22N4O2. The largest absolute Gasteiger partial charge is 0.478 e. The first-order chi connectivity index (χ1) is 10.5. The lowest BCUT2D eigenvalue weighted by Crippen LogP contribution is -2.23. The summed E-state index contributed by atoms with van der Waals surface area (Å²) in [6.45, 7) is 0.967. The topological polar surface area (TPSA) is 81.2 Å². The predicted octanol–water partition coefficient (Wildman–Crippen LogP) is 1.87. The maximum atomic E-state index is 10.6. The molecule has 0 aliphatic rings. The summed E-state index contributed by atoms with van der Waals surface area (Å²) in [6, 6.07) is 5.83. The van der Waals surface area contributed by atoms with E-state index in [2.05, 4.69) is 20.2 Å². The number of benzene rings is 1. The number of H-pyrrole nitrogens is 1. The first kappa shape index (κ1) is 16.2. The van der Waals surface area contributed by atoms with Gasteiger partial charge >= 0.3 is 5.97 Å². The number of carboxylic acid groups (broad SMARTS) is 1. The fourth-order valence-corrected chi connectivity index (χ4v) is 2.29. The number of aliphatic carboxylic acids is 1. The minimum atomic E-state index is -0.954. The van der Waals surface area contributed by atoms with E-state index in [1.807, 2.05) is 39.3 Å². The molecule has 0 amide bonds. The van der Waals surface area contributed by atoms with Gasteiger partial charge in [-0.05, 0) is 57.9 Å². The Kier molecular flexibility index (Phi) is 5.30. The molecule has 0 fully saturated rings. The van der Waals surface area contributed by atoms with Gasteiger partial charge in [-0.2, -0.15) is 0 Å². The highest BCUT2D eigenvalue weighted by Crippen LogP contribution is 2.20. The second-order valence-corrected chi connectivity index (χ2v) is 5.50. The molecule has 2 rings (SSSR count). The van der Waals surface area contributed by atoms with Crippen molar-refractivity contribution >= 4 is 23.1 Å². The van der Waals surface area contributed by atoms with E-state index < -0.39 is 5.97 Å². The van der Waals surface area contributed by atoms with Gasteiger partial charge in [0.2, 0.25) is 0 Å². The first-order valence-electron chi connectivity index (χ1n) is 7.22. The summed E-state index contributed by atoms with van der Waals surface area (Å²) in [6.07, 6.45) is 3.66. The van der Waals surface area contributed by atoms with Gasteiger partial charge in [0.1, 0.15) is 5.82 Å². The molecule has 6 nitrogen and oxygen atoms in total. The smallest absolute Gasteiger partial charge is 0.328 e. The lowest BCUT2D eigenvalue weighted by atomic mass is 10.2. The van der Waals surface area contributed by atoms with Gasteiger partial charge in [-0.1, -0.05) is 6.07 Å². The van der Waals surface area contributed by atoms with Crippen molar-refractivity contribution in [2.45, 2.75) is 12.5 Å². The molecule has 2 aromatic rings. The van der Waals surface area contributed by atoms with Gasteiger partial charge in [-0.3, -0.25) is 0 Å². The van der Waals surface area contributed by atoms with Crippen molar-refractivity contribution < 1.29 is 9.90 Å². The zero-order valence-electron chi connectivity index (χ0n) is 13.1. The minimum Gasteiger partial charge on any atom is -0.478 e. The van der Waals surface area contributed by atoms with Crippen molar-refractivity contribution in [1.82, 2.24) is 20.2 Å². The molecule has 3 N–H and O–H groups in total. The standard InChI is InChI=1S/C16H22N4O2/c1-17-13(8-9-20(2)3)16-18-12-6-4-11(5-7-15(21)22)10-14(12)19-16/h4-7,10,13,17H,8-9H2,1-3H3,(H,18,19)(H,21,22)/b7-5+/t13-/m1/s1. The lowest BCUT2D eigenvalue weighted by Gasteiger charge is -2.16. The summed E-state index contributed by atoms with van der Waals surface area (Å²) in [5.74, 6) is -0.0527. The van der Waals surface area contributed by atoms with E-state index in [1.54, 1.807) is 6.08 Å². The third kappa shape index (κ3) is 4.16. The Labute approximate surface area is 129 Å². The molecule has 0 spiro atoms. The Hall–Kier alpha value is -2.18. The lowest BCUT2D eigenvalue weighted by molar-refractivity contribution is -0.131. The summed E-state index contributed by atoms with van der Waals surface area (Å²) in [4.78, 5) is 20.7. The zero-order valence-corrected chi connectivity index (χ0v) is 13.1. The van der Waals surface area contributed by atoms with E-state index >= 15 is 0 Å². The van der Waals surface area contributed by atoms with Gasteiger partial charge in [0.15, 0.2) is 0 Å². The molecule has 22 heavy (non-hydrogen) atoms. The molecule has 0 bridgehead atoms. The number of aromatic amines is 1. The average molecular weight is 302 g/mol. The van der Waals surface area contributed by atoms with E-state index in [-0.39, 0.29) is 6.04 Å². The molecule has 0 unspecified atom stereocenters. The van der Waals surface area contributed by atoms with Crippen molar-refractivity contribution in [2.24, 2.45) is 0 Å². The molecular weight excluding hydrogens is 280 g/mol. The van der Waals surface area contributed by atoms with Gasteiger partial charge in [0.05, 0.1) is 17.1 Å². The number of carbonyl (C=O) groups is 1. The molecule has 0 saturated heterocycles. The summed E-state index contributed by atoms with van der Waals surface area (Å²) in [7, 11) is 6.02.